The number of benzene rings is 1. The van der Waals surface area contributed by atoms with Gasteiger partial charge in [-0.05, 0) is 25.5 Å². The highest BCUT2D eigenvalue weighted by molar-refractivity contribution is 5.65. The quantitative estimate of drug-likeness (QED) is 0.686. The lowest BCUT2D eigenvalue weighted by molar-refractivity contribution is -0.908. The van der Waals surface area contributed by atoms with Gasteiger partial charge >= 0.3 is 0 Å². The van der Waals surface area contributed by atoms with Crippen LogP contribution in [0.4, 0.5) is 0 Å². The second kappa shape index (κ2) is 7.71. The van der Waals surface area contributed by atoms with E-state index in [1.165, 1.54) is 0 Å². The number of hydrogen-bond acceptors (Lipinski definition) is 3. The number of carboxylic acid groups (broad SMARTS) is 1. The summed E-state index contributed by atoms with van der Waals surface area (Å²) in [6, 6.07) is 7.77. The van der Waals surface area contributed by atoms with Gasteiger partial charge in [0.15, 0.2) is 0 Å². The lowest BCUT2D eigenvalue weighted by Crippen LogP contribution is -3.12. The molecule has 0 amide bonds. The van der Waals surface area contributed by atoms with E-state index >= 15 is 0 Å². The van der Waals surface area contributed by atoms with Gasteiger partial charge in [-0.15, -0.1) is 0 Å². The van der Waals surface area contributed by atoms with Gasteiger partial charge in [0.1, 0.15) is 18.8 Å². The van der Waals surface area contributed by atoms with Crippen LogP contribution in [-0.2, 0) is 11.3 Å². The molecule has 0 saturated heterocycles. The Kier molecular flexibility index (Phi) is 6.22. The van der Waals surface area contributed by atoms with Crippen molar-refractivity contribution in [1.82, 2.24) is 0 Å². The fraction of sp³-hybridized carbons (Fsp3) is 0.500. The number of hydrogen-bond donors (Lipinski definition) is 1. The molecule has 0 saturated carbocycles. The number of rotatable bonds is 8. The zero-order valence-corrected chi connectivity index (χ0v) is 11.1. The van der Waals surface area contributed by atoms with Crippen molar-refractivity contribution in [3.8, 4) is 5.75 Å². The molecule has 0 spiro atoms. The number of carboxylic acids is 1. The minimum Gasteiger partial charge on any atom is -0.544 e. The van der Waals surface area contributed by atoms with Crippen molar-refractivity contribution in [2.75, 3.05) is 19.7 Å². The Labute approximate surface area is 108 Å². The first-order chi connectivity index (χ1) is 8.67. The Bertz CT molecular complexity index is 379. The van der Waals surface area contributed by atoms with Gasteiger partial charge < -0.3 is 19.5 Å². The van der Waals surface area contributed by atoms with E-state index in [0.29, 0.717) is 13.2 Å². The standard InChI is InChI=1S/C14H21NO3/c1-3-9-15(11-14(16)17)10-12-7-5-6-8-13(12)18-4-2/h5-8H,3-4,9-11H2,1-2H3,(H,16,17). The number of carbonyl (C=O) groups excluding carboxylic acids is 1. The van der Waals surface area contributed by atoms with Crippen molar-refractivity contribution < 1.29 is 19.5 Å². The molecule has 100 valence electrons. The molecule has 0 aliphatic rings. The molecule has 0 bridgehead atoms. The van der Waals surface area contributed by atoms with Crippen LogP contribution in [0, 0.1) is 0 Å². The van der Waals surface area contributed by atoms with Crippen molar-refractivity contribution in [2.24, 2.45) is 0 Å². The lowest BCUT2D eigenvalue weighted by atomic mass is 10.2. The molecule has 4 nitrogen and oxygen atoms in total. The maximum atomic E-state index is 10.7. The highest BCUT2D eigenvalue weighted by Crippen LogP contribution is 2.16. The van der Waals surface area contributed by atoms with Gasteiger partial charge in [0.05, 0.1) is 19.1 Å². The Hall–Kier alpha value is -1.55. The summed E-state index contributed by atoms with van der Waals surface area (Å²) in [5.74, 6) is -0.167. The summed E-state index contributed by atoms with van der Waals surface area (Å²) in [4.78, 5) is 11.7. The summed E-state index contributed by atoms with van der Waals surface area (Å²) in [6.07, 6.45) is 0.944. The van der Waals surface area contributed by atoms with Crippen molar-refractivity contribution in [3.05, 3.63) is 29.8 Å². The van der Waals surface area contributed by atoms with Crippen LogP contribution in [-0.4, -0.2) is 25.7 Å². The second-order valence-electron chi connectivity index (χ2n) is 4.27. The van der Waals surface area contributed by atoms with E-state index in [2.05, 4.69) is 0 Å². The van der Waals surface area contributed by atoms with Gasteiger partial charge in [0, 0.05) is 5.56 Å². The highest BCUT2D eigenvalue weighted by atomic mass is 16.5. The fourth-order valence-corrected chi connectivity index (χ4v) is 2.01. The predicted molar refractivity (Wildman–Crippen MR) is 67.3 cm³/mol. The molecular formula is C14H21NO3. The van der Waals surface area contributed by atoms with E-state index in [0.717, 1.165) is 29.2 Å². The van der Waals surface area contributed by atoms with Gasteiger partial charge in [-0.3, -0.25) is 0 Å². The second-order valence-corrected chi connectivity index (χ2v) is 4.27. The molecule has 0 radical (unpaired) electrons. The van der Waals surface area contributed by atoms with Crippen molar-refractivity contribution in [3.63, 3.8) is 0 Å². The molecule has 1 aromatic rings. The van der Waals surface area contributed by atoms with Gasteiger partial charge in [-0.1, -0.05) is 19.1 Å². The van der Waals surface area contributed by atoms with Crippen LogP contribution < -0.4 is 14.7 Å². The maximum Gasteiger partial charge on any atom is 0.128 e. The zero-order chi connectivity index (χ0) is 13.4. The average molecular weight is 251 g/mol. The third-order valence-corrected chi connectivity index (χ3v) is 2.71. The van der Waals surface area contributed by atoms with Crippen molar-refractivity contribution >= 4 is 5.97 Å². The van der Waals surface area contributed by atoms with Crippen molar-refractivity contribution in [1.29, 1.82) is 0 Å². The van der Waals surface area contributed by atoms with E-state index in [-0.39, 0.29) is 6.54 Å². The van der Waals surface area contributed by atoms with E-state index in [1.807, 2.05) is 38.1 Å². The number of aliphatic carboxylic acids is 1. The first-order valence-corrected chi connectivity index (χ1v) is 6.41. The van der Waals surface area contributed by atoms with E-state index in [4.69, 9.17) is 4.74 Å². The summed E-state index contributed by atoms with van der Waals surface area (Å²) in [5.41, 5.74) is 1.05. The summed E-state index contributed by atoms with van der Waals surface area (Å²) >= 11 is 0. The van der Waals surface area contributed by atoms with Gasteiger partial charge in [-0.25, -0.2) is 0 Å². The van der Waals surface area contributed by atoms with Gasteiger partial charge in [-0.2, -0.15) is 0 Å². The van der Waals surface area contributed by atoms with Crippen LogP contribution in [0.15, 0.2) is 24.3 Å². The largest absolute Gasteiger partial charge is 0.544 e. The number of carbonyl (C=O) groups is 1. The summed E-state index contributed by atoms with van der Waals surface area (Å²) in [7, 11) is 0. The summed E-state index contributed by atoms with van der Waals surface area (Å²) < 4.78 is 5.54. The Morgan fingerprint density at radius 3 is 2.67 bits per heavy atom. The molecule has 1 N–H and O–H groups in total. The molecule has 18 heavy (non-hydrogen) atoms. The third kappa shape index (κ3) is 4.75. The Balaban J connectivity index is 2.75. The molecule has 1 unspecified atom stereocenters. The Morgan fingerprint density at radius 1 is 1.33 bits per heavy atom. The van der Waals surface area contributed by atoms with E-state index in [9.17, 15) is 9.90 Å². The topological polar surface area (TPSA) is 53.8 Å². The fourth-order valence-electron chi connectivity index (χ4n) is 2.01. The predicted octanol–water partition coefficient (Wildman–Crippen LogP) is -0.370. The van der Waals surface area contributed by atoms with Crippen LogP contribution in [0.1, 0.15) is 25.8 Å². The normalized spacial score (nSPS) is 12.1. The smallest absolute Gasteiger partial charge is 0.128 e. The number of quaternary nitrogens is 1. The first kappa shape index (κ1) is 14.5. The minimum atomic E-state index is -1.01. The summed E-state index contributed by atoms with van der Waals surface area (Å²) in [6.45, 7) is 6.10. The Morgan fingerprint density at radius 2 is 2.06 bits per heavy atom. The molecule has 0 fully saturated rings. The van der Waals surface area contributed by atoms with E-state index in [1.54, 1.807) is 0 Å². The molecule has 0 aliphatic carbocycles. The highest BCUT2D eigenvalue weighted by Gasteiger charge is 2.12. The van der Waals surface area contributed by atoms with Crippen LogP contribution in [0.25, 0.3) is 0 Å². The van der Waals surface area contributed by atoms with Crippen LogP contribution in [0.2, 0.25) is 0 Å². The molecule has 1 atom stereocenters. The zero-order valence-electron chi connectivity index (χ0n) is 11.1. The molecule has 4 heteroatoms. The van der Waals surface area contributed by atoms with Crippen LogP contribution in [0.3, 0.4) is 0 Å². The minimum absolute atomic E-state index is 0.0360. The number of ether oxygens (including phenoxy) is 1. The van der Waals surface area contributed by atoms with Crippen LogP contribution in [0.5, 0.6) is 5.75 Å². The maximum absolute atomic E-state index is 10.7. The van der Waals surface area contributed by atoms with E-state index < -0.39 is 5.97 Å². The monoisotopic (exact) mass is 251 g/mol. The number of para-hydroxylation sites is 1. The molecule has 0 aromatic heterocycles. The molecule has 1 aromatic carbocycles. The number of nitrogens with one attached hydrogen (secondary N) is 1. The molecule has 0 heterocycles. The lowest BCUT2D eigenvalue weighted by Gasteiger charge is -2.20. The average Bonchev–Trinajstić information content (AvgIpc) is 2.31. The van der Waals surface area contributed by atoms with Crippen LogP contribution >= 0.6 is 0 Å². The van der Waals surface area contributed by atoms with Gasteiger partial charge in [0.2, 0.25) is 0 Å². The molecule has 0 aliphatic heterocycles. The van der Waals surface area contributed by atoms with Crippen molar-refractivity contribution in [2.45, 2.75) is 26.8 Å². The third-order valence-electron chi connectivity index (χ3n) is 2.71. The molecule has 1 rings (SSSR count). The van der Waals surface area contributed by atoms with Gasteiger partial charge in [0.25, 0.3) is 0 Å². The molecular weight excluding hydrogens is 230 g/mol. The SMILES string of the molecule is CCC[NH+](CC(=O)[O-])Cc1ccccc1OCC. The summed E-state index contributed by atoms with van der Waals surface area (Å²) in [5, 5.41) is 10.7. The first-order valence-electron chi connectivity index (χ1n) is 6.41.